The highest BCUT2D eigenvalue weighted by Gasteiger charge is 2.26. The maximum absolute atomic E-state index is 6.09. The SMILES string of the molecule is C#CCC1=CC(Cl)CC(C)(C)C1. The summed E-state index contributed by atoms with van der Waals surface area (Å²) in [5.41, 5.74) is 1.65. The predicted molar refractivity (Wildman–Crippen MR) is 54.2 cm³/mol. The number of allylic oxidation sites excluding steroid dienone is 2. The first kappa shape index (κ1) is 9.68. The summed E-state index contributed by atoms with van der Waals surface area (Å²) in [6, 6.07) is 0. The quantitative estimate of drug-likeness (QED) is 0.332. The lowest BCUT2D eigenvalue weighted by atomic mass is 9.76. The molecule has 0 nitrogen and oxygen atoms in total. The largest absolute Gasteiger partial charge is 0.120 e. The van der Waals surface area contributed by atoms with Crippen molar-refractivity contribution in [2.75, 3.05) is 0 Å². The molecule has 66 valence electrons. The molecule has 0 saturated carbocycles. The van der Waals surface area contributed by atoms with Crippen LogP contribution in [-0.4, -0.2) is 5.38 Å². The highest BCUT2D eigenvalue weighted by molar-refractivity contribution is 6.21. The van der Waals surface area contributed by atoms with E-state index in [2.05, 4.69) is 25.8 Å². The van der Waals surface area contributed by atoms with Crippen molar-refractivity contribution in [1.82, 2.24) is 0 Å². The van der Waals surface area contributed by atoms with Crippen LogP contribution >= 0.6 is 11.6 Å². The molecule has 0 radical (unpaired) electrons. The number of terminal acetylenes is 1. The lowest BCUT2D eigenvalue weighted by Crippen LogP contribution is -2.22. The first-order valence-electron chi connectivity index (χ1n) is 4.30. The third kappa shape index (κ3) is 2.57. The predicted octanol–water partition coefficient (Wildman–Crippen LogP) is 3.36. The third-order valence-corrected chi connectivity index (χ3v) is 2.48. The third-order valence-electron chi connectivity index (χ3n) is 2.20. The molecule has 12 heavy (non-hydrogen) atoms. The zero-order valence-corrected chi connectivity index (χ0v) is 8.49. The summed E-state index contributed by atoms with van der Waals surface area (Å²) < 4.78 is 0. The van der Waals surface area contributed by atoms with Gasteiger partial charge in [-0.25, -0.2) is 0 Å². The zero-order chi connectivity index (χ0) is 9.19. The summed E-state index contributed by atoms with van der Waals surface area (Å²) in [4.78, 5) is 0. The van der Waals surface area contributed by atoms with Crippen LogP contribution < -0.4 is 0 Å². The van der Waals surface area contributed by atoms with Crippen molar-refractivity contribution in [3.63, 3.8) is 0 Å². The van der Waals surface area contributed by atoms with Gasteiger partial charge in [0.15, 0.2) is 0 Å². The Balaban J connectivity index is 2.71. The maximum Gasteiger partial charge on any atom is 0.0524 e. The van der Waals surface area contributed by atoms with Gasteiger partial charge in [-0.1, -0.05) is 25.5 Å². The van der Waals surface area contributed by atoms with E-state index in [0.717, 1.165) is 19.3 Å². The molecule has 1 rings (SSSR count). The van der Waals surface area contributed by atoms with Crippen LogP contribution in [-0.2, 0) is 0 Å². The Morgan fingerprint density at radius 2 is 2.42 bits per heavy atom. The van der Waals surface area contributed by atoms with Crippen LogP contribution in [0.5, 0.6) is 0 Å². The normalized spacial score (nSPS) is 27.5. The van der Waals surface area contributed by atoms with Crippen LogP contribution in [0.4, 0.5) is 0 Å². The Bertz CT molecular complexity index is 230. The van der Waals surface area contributed by atoms with Crippen molar-refractivity contribution in [2.45, 2.75) is 38.5 Å². The monoisotopic (exact) mass is 182 g/mol. The minimum Gasteiger partial charge on any atom is -0.120 e. The summed E-state index contributed by atoms with van der Waals surface area (Å²) >= 11 is 6.09. The van der Waals surface area contributed by atoms with Crippen molar-refractivity contribution in [1.29, 1.82) is 0 Å². The van der Waals surface area contributed by atoms with E-state index in [0.29, 0.717) is 5.41 Å². The van der Waals surface area contributed by atoms with E-state index in [1.165, 1.54) is 5.57 Å². The summed E-state index contributed by atoms with van der Waals surface area (Å²) in [5.74, 6) is 2.67. The van der Waals surface area contributed by atoms with E-state index in [1.807, 2.05) is 0 Å². The Hall–Kier alpha value is -0.410. The van der Waals surface area contributed by atoms with Gasteiger partial charge in [0, 0.05) is 6.42 Å². The minimum absolute atomic E-state index is 0.178. The molecule has 0 N–H and O–H groups in total. The van der Waals surface area contributed by atoms with Gasteiger partial charge in [0.1, 0.15) is 0 Å². The van der Waals surface area contributed by atoms with Crippen molar-refractivity contribution >= 4 is 11.6 Å². The van der Waals surface area contributed by atoms with E-state index in [-0.39, 0.29) is 5.38 Å². The molecule has 0 spiro atoms. The second-order valence-corrected chi connectivity index (χ2v) is 4.83. The molecule has 1 heteroatoms. The van der Waals surface area contributed by atoms with Gasteiger partial charge >= 0.3 is 0 Å². The highest BCUT2D eigenvalue weighted by atomic mass is 35.5. The van der Waals surface area contributed by atoms with Crippen molar-refractivity contribution in [3.05, 3.63) is 11.6 Å². The van der Waals surface area contributed by atoms with Crippen molar-refractivity contribution in [3.8, 4) is 12.3 Å². The Labute approximate surface area is 80.0 Å². The second kappa shape index (κ2) is 3.54. The smallest absolute Gasteiger partial charge is 0.0524 e. The molecular formula is C11H15Cl. The molecule has 0 aliphatic heterocycles. The van der Waals surface area contributed by atoms with Gasteiger partial charge in [0.25, 0.3) is 0 Å². The van der Waals surface area contributed by atoms with Crippen LogP contribution in [0.15, 0.2) is 11.6 Å². The summed E-state index contributed by atoms with van der Waals surface area (Å²) in [6.07, 6.45) is 10.3. The molecule has 1 atom stereocenters. The Morgan fingerprint density at radius 3 is 2.92 bits per heavy atom. The Morgan fingerprint density at radius 1 is 1.75 bits per heavy atom. The molecule has 0 heterocycles. The van der Waals surface area contributed by atoms with Crippen LogP contribution in [0.2, 0.25) is 0 Å². The first-order valence-corrected chi connectivity index (χ1v) is 4.74. The van der Waals surface area contributed by atoms with E-state index in [4.69, 9.17) is 18.0 Å². The van der Waals surface area contributed by atoms with Gasteiger partial charge in [0.05, 0.1) is 5.38 Å². The van der Waals surface area contributed by atoms with Gasteiger partial charge in [-0.2, -0.15) is 0 Å². The number of hydrogen-bond donors (Lipinski definition) is 0. The fourth-order valence-corrected chi connectivity index (χ4v) is 2.44. The number of rotatable bonds is 1. The van der Waals surface area contributed by atoms with Gasteiger partial charge in [0.2, 0.25) is 0 Å². The highest BCUT2D eigenvalue weighted by Crippen LogP contribution is 2.38. The van der Waals surface area contributed by atoms with Crippen LogP contribution in [0.3, 0.4) is 0 Å². The Kier molecular flexibility index (Phi) is 2.85. The molecule has 0 saturated heterocycles. The van der Waals surface area contributed by atoms with Crippen LogP contribution in [0.25, 0.3) is 0 Å². The van der Waals surface area contributed by atoms with Crippen LogP contribution in [0, 0.1) is 17.8 Å². The molecule has 1 aliphatic rings. The van der Waals surface area contributed by atoms with Crippen molar-refractivity contribution < 1.29 is 0 Å². The fourth-order valence-electron chi connectivity index (χ4n) is 1.84. The average Bonchev–Trinajstić information content (AvgIpc) is 1.82. The van der Waals surface area contributed by atoms with E-state index in [9.17, 15) is 0 Å². The molecule has 0 aromatic heterocycles. The molecule has 0 bridgehead atoms. The molecular weight excluding hydrogens is 168 g/mol. The van der Waals surface area contributed by atoms with Crippen LogP contribution in [0.1, 0.15) is 33.1 Å². The average molecular weight is 183 g/mol. The molecule has 0 amide bonds. The molecule has 1 aliphatic carbocycles. The van der Waals surface area contributed by atoms with Gasteiger partial charge in [-0.15, -0.1) is 23.9 Å². The second-order valence-electron chi connectivity index (χ2n) is 4.27. The zero-order valence-electron chi connectivity index (χ0n) is 7.73. The van der Waals surface area contributed by atoms with Gasteiger partial charge in [-0.05, 0) is 18.3 Å². The lowest BCUT2D eigenvalue weighted by molar-refractivity contribution is 0.321. The lowest BCUT2D eigenvalue weighted by Gasteiger charge is -2.31. The van der Waals surface area contributed by atoms with E-state index >= 15 is 0 Å². The topological polar surface area (TPSA) is 0 Å². The van der Waals surface area contributed by atoms with E-state index in [1.54, 1.807) is 0 Å². The molecule has 0 fully saturated rings. The van der Waals surface area contributed by atoms with E-state index < -0.39 is 0 Å². The number of hydrogen-bond acceptors (Lipinski definition) is 0. The fraction of sp³-hybridized carbons (Fsp3) is 0.636. The molecule has 0 aromatic carbocycles. The number of halogens is 1. The maximum atomic E-state index is 6.09. The molecule has 1 unspecified atom stereocenters. The van der Waals surface area contributed by atoms with Gasteiger partial charge < -0.3 is 0 Å². The standard InChI is InChI=1S/C11H15Cl/c1-4-5-9-6-10(12)8-11(2,3)7-9/h1,6,10H,5,7-8H2,2-3H3. The summed E-state index contributed by atoms with van der Waals surface area (Å²) in [6.45, 7) is 4.48. The summed E-state index contributed by atoms with van der Waals surface area (Å²) in [7, 11) is 0. The summed E-state index contributed by atoms with van der Waals surface area (Å²) in [5, 5.41) is 0.178. The first-order chi connectivity index (χ1) is 5.53. The number of alkyl halides is 1. The van der Waals surface area contributed by atoms with Crippen molar-refractivity contribution in [2.24, 2.45) is 5.41 Å². The van der Waals surface area contributed by atoms with Gasteiger partial charge in [-0.3, -0.25) is 0 Å². The minimum atomic E-state index is 0.178. The molecule has 0 aromatic rings.